The van der Waals surface area contributed by atoms with Crippen molar-refractivity contribution in [1.82, 2.24) is 0 Å². The topological polar surface area (TPSA) is 137 Å². The Bertz CT molecular complexity index is 1230. The molecule has 3 rings (SSSR count). The molecule has 10 nitrogen and oxygen atoms in total. The van der Waals surface area contributed by atoms with E-state index < -0.39 is 29.3 Å². The number of non-ortho nitro benzene ring substituents is 1. The molecule has 0 aromatic heterocycles. The van der Waals surface area contributed by atoms with Gasteiger partial charge >= 0.3 is 5.97 Å². The summed E-state index contributed by atoms with van der Waals surface area (Å²) in [7, 11) is 0. The fraction of sp³-hybridized carbons (Fsp3) is 0.125. The maximum absolute atomic E-state index is 12.1. The number of carbonyl (C=O) groups is 3. The molecule has 2 N–H and O–H groups in total. The SMILES string of the molecule is O=C(CCC(=O)OCC(=O)Nc1cccc([N+](=O)[O-])c1)Nc1ccc(Oc2ccccc2Cl)cc1. The smallest absolute Gasteiger partial charge is 0.306 e. The van der Waals surface area contributed by atoms with Gasteiger partial charge in [-0.15, -0.1) is 0 Å². The summed E-state index contributed by atoms with van der Waals surface area (Å²) < 4.78 is 10.5. The summed E-state index contributed by atoms with van der Waals surface area (Å²) >= 11 is 6.06. The van der Waals surface area contributed by atoms with E-state index in [1.807, 2.05) is 0 Å². The zero-order valence-corrected chi connectivity index (χ0v) is 19.0. The van der Waals surface area contributed by atoms with E-state index in [-0.39, 0.29) is 24.2 Å². The Hall–Kier alpha value is -4.44. The molecule has 0 aliphatic rings. The standard InChI is InChI=1S/C24H20ClN3O7/c25-20-6-1-2-7-21(20)35-19-10-8-16(9-11-19)26-22(29)12-13-24(31)34-15-23(30)27-17-4-3-5-18(14-17)28(32)33/h1-11,14H,12-13,15H2,(H,26,29)(H,27,30). The third-order valence-electron chi connectivity index (χ3n) is 4.46. The van der Waals surface area contributed by atoms with Crippen LogP contribution in [0.3, 0.4) is 0 Å². The fourth-order valence-corrected chi connectivity index (χ4v) is 2.99. The minimum absolute atomic E-state index is 0.150. The fourth-order valence-electron chi connectivity index (χ4n) is 2.81. The van der Waals surface area contributed by atoms with Gasteiger partial charge in [-0.1, -0.05) is 29.8 Å². The van der Waals surface area contributed by atoms with Gasteiger partial charge in [-0.25, -0.2) is 0 Å². The van der Waals surface area contributed by atoms with Crippen LogP contribution in [0.25, 0.3) is 0 Å². The lowest BCUT2D eigenvalue weighted by Crippen LogP contribution is -2.21. The predicted molar refractivity (Wildman–Crippen MR) is 129 cm³/mol. The number of nitro groups is 1. The number of amides is 2. The number of esters is 1. The van der Waals surface area contributed by atoms with E-state index in [4.69, 9.17) is 21.1 Å². The van der Waals surface area contributed by atoms with Crippen LogP contribution in [0.1, 0.15) is 12.8 Å². The summed E-state index contributed by atoms with van der Waals surface area (Å²) in [4.78, 5) is 46.0. The lowest BCUT2D eigenvalue weighted by Gasteiger charge is -2.09. The third kappa shape index (κ3) is 8.13. The van der Waals surface area contributed by atoms with E-state index in [2.05, 4.69) is 10.6 Å². The highest BCUT2D eigenvalue weighted by atomic mass is 35.5. The Morgan fingerprint density at radius 1 is 0.857 bits per heavy atom. The Morgan fingerprint density at radius 3 is 2.29 bits per heavy atom. The number of para-hydroxylation sites is 1. The van der Waals surface area contributed by atoms with E-state index in [1.165, 1.54) is 24.3 Å². The number of hydrogen-bond acceptors (Lipinski definition) is 7. The highest BCUT2D eigenvalue weighted by Gasteiger charge is 2.12. The molecule has 0 radical (unpaired) electrons. The summed E-state index contributed by atoms with van der Waals surface area (Å²) in [6, 6.07) is 19.0. The van der Waals surface area contributed by atoms with Gasteiger partial charge in [0.15, 0.2) is 6.61 Å². The molecule has 3 aromatic carbocycles. The summed E-state index contributed by atoms with van der Waals surface area (Å²) in [5.41, 5.74) is 0.516. The molecular formula is C24H20ClN3O7. The van der Waals surface area contributed by atoms with Gasteiger partial charge in [-0.05, 0) is 42.5 Å². The number of halogens is 1. The van der Waals surface area contributed by atoms with Crippen LogP contribution in [0.5, 0.6) is 11.5 Å². The van der Waals surface area contributed by atoms with Gasteiger partial charge in [0.05, 0.1) is 16.4 Å². The Labute approximate surface area is 205 Å². The van der Waals surface area contributed by atoms with Gasteiger partial charge in [0.2, 0.25) is 5.91 Å². The number of nitrogens with zero attached hydrogens (tertiary/aromatic N) is 1. The molecule has 0 fully saturated rings. The van der Waals surface area contributed by atoms with E-state index in [0.717, 1.165) is 0 Å². The first kappa shape index (κ1) is 25.2. The second kappa shape index (κ2) is 12.1. The molecule has 0 atom stereocenters. The van der Waals surface area contributed by atoms with Gasteiger partial charge in [0, 0.05) is 29.9 Å². The molecule has 3 aromatic rings. The minimum Gasteiger partial charge on any atom is -0.456 e. The second-order valence-electron chi connectivity index (χ2n) is 7.12. The lowest BCUT2D eigenvalue weighted by atomic mass is 10.2. The zero-order valence-electron chi connectivity index (χ0n) is 18.2. The van der Waals surface area contributed by atoms with Crippen molar-refractivity contribution in [1.29, 1.82) is 0 Å². The van der Waals surface area contributed by atoms with Crippen LogP contribution in [-0.4, -0.2) is 29.3 Å². The summed E-state index contributed by atoms with van der Waals surface area (Å²) in [5, 5.41) is 16.3. The van der Waals surface area contributed by atoms with Crippen molar-refractivity contribution in [2.45, 2.75) is 12.8 Å². The number of nitrogens with one attached hydrogen (secondary N) is 2. The van der Waals surface area contributed by atoms with E-state index in [9.17, 15) is 24.5 Å². The van der Waals surface area contributed by atoms with Crippen LogP contribution in [-0.2, 0) is 19.1 Å². The monoisotopic (exact) mass is 497 g/mol. The van der Waals surface area contributed by atoms with Crippen molar-refractivity contribution >= 4 is 46.4 Å². The number of ether oxygens (including phenoxy) is 2. The van der Waals surface area contributed by atoms with Crippen molar-refractivity contribution < 1.29 is 28.8 Å². The lowest BCUT2D eigenvalue weighted by molar-refractivity contribution is -0.384. The molecule has 0 aliphatic heterocycles. The second-order valence-corrected chi connectivity index (χ2v) is 7.53. The van der Waals surface area contributed by atoms with Crippen LogP contribution in [0.4, 0.5) is 17.1 Å². The quantitative estimate of drug-likeness (QED) is 0.230. The highest BCUT2D eigenvalue weighted by molar-refractivity contribution is 6.32. The number of carbonyl (C=O) groups excluding carboxylic acids is 3. The molecule has 11 heteroatoms. The van der Waals surface area contributed by atoms with Gasteiger partial charge in [-0.2, -0.15) is 0 Å². The van der Waals surface area contributed by atoms with Gasteiger partial charge < -0.3 is 20.1 Å². The Balaban J connectivity index is 1.38. The number of rotatable bonds is 10. The minimum atomic E-state index is -0.738. The van der Waals surface area contributed by atoms with Gasteiger partial charge in [0.25, 0.3) is 11.6 Å². The van der Waals surface area contributed by atoms with Gasteiger partial charge in [0.1, 0.15) is 11.5 Å². The number of benzene rings is 3. The van der Waals surface area contributed by atoms with E-state index >= 15 is 0 Å². The molecule has 0 bridgehead atoms. The van der Waals surface area contributed by atoms with Crippen molar-refractivity contribution in [2.24, 2.45) is 0 Å². The molecular weight excluding hydrogens is 478 g/mol. The molecule has 0 saturated heterocycles. The van der Waals surface area contributed by atoms with E-state index in [0.29, 0.717) is 22.2 Å². The Morgan fingerprint density at radius 2 is 1.57 bits per heavy atom. The number of nitro benzene ring substituents is 1. The molecule has 0 aliphatic carbocycles. The highest BCUT2D eigenvalue weighted by Crippen LogP contribution is 2.29. The first-order chi connectivity index (χ1) is 16.8. The molecule has 0 spiro atoms. The van der Waals surface area contributed by atoms with Crippen LogP contribution in [0.2, 0.25) is 5.02 Å². The van der Waals surface area contributed by atoms with Crippen LogP contribution < -0.4 is 15.4 Å². The molecule has 35 heavy (non-hydrogen) atoms. The van der Waals surface area contributed by atoms with Gasteiger partial charge in [-0.3, -0.25) is 24.5 Å². The van der Waals surface area contributed by atoms with Crippen molar-refractivity contribution in [2.75, 3.05) is 17.2 Å². The maximum atomic E-state index is 12.1. The molecule has 0 saturated carbocycles. The summed E-state index contributed by atoms with van der Waals surface area (Å²) in [6.07, 6.45) is -0.382. The average Bonchev–Trinajstić information content (AvgIpc) is 2.84. The molecule has 180 valence electrons. The van der Waals surface area contributed by atoms with E-state index in [1.54, 1.807) is 48.5 Å². The first-order valence-corrected chi connectivity index (χ1v) is 10.7. The largest absolute Gasteiger partial charge is 0.456 e. The third-order valence-corrected chi connectivity index (χ3v) is 4.78. The molecule has 0 unspecified atom stereocenters. The van der Waals surface area contributed by atoms with Crippen molar-refractivity contribution in [3.63, 3.8) is 0 Å². The molecule has 0 heterocycles. The summed E-state index contributed by atoms with van der Waals surface area (Å²) in [6.45, 7) is -0.587. The number of hydrogen-bond donors (Lipinski definition) is 2. The Kier molecular flexibility index (Phi) is 8.74. The average molecular weight is 498 g/mol. The van der Waals surface area contributed by atoms with Crippen molar-refractivity contribution in [3.05, 3.63) is 87.9 Å². The van der Waals surface area contributed by atoms with Crippen LogP contribution in [0, 0.1) is 10.1 Å². The zero-order chi connectivity index (χ0) is 25.2. The first-order valence-electron chi connectivity index (χ1n) is 10.3. The molecule has 2 amide bonds. The summed E-state index contributed by atoms with van der Waals surface area (Å²) in [5.74, 6) is -0.783. The maximum Gasteiger partial charge on any atom is 0.306 e. The van der Waals surface area contributed by atoms with Crippen LogP contribution >= 0.6 is 11.6 Å². The normalized spacial score (nSPS) is 10.2. The van der Waals surface area contributed by atoms with Crippen LogP contribution in [0.15, 0.2) is 72.8 Å². The predicted octanol–water partition coefficient (Wildman–Crippen LogP) is 4.94. The number of anilines is 2. The van der Waals surface area contributed by atoms with Crippen molar-refractivity contribution in [3.8, 4) is 11.5 Å².